The van der Waals surface area contributed by atoms with E-state index in [4.69, 9.17) is 0 Å². The van der Waals surface area contributed by atoms with Crippen LogP contribution < -0.4 is 5.32 Å². The molecule has 2 rings (SSSR count). The molecule has 0 aromatic rings. The van der Waals surface area contributed by atoms with E-state index >= 15 is 0 Å². The summed E-state index contributed by atoms with van der Waals surface area (Å²) in [5.41, 5.74) is 0.650. The first-order chi connectivity index (χ1) is 7.62. The summed E-state index contributed by atoms with van der Waals surface area (Å²) in [6.45, 7) is 12.2. The van der Waals surface area contributed by atoms with Crippen molar-refractivity contribution in [3.63, 3.8) is 0 Å². The monoisotopic (exact) mass is 224 g/mol. The Morgan fingerprint density at radius 2 is 1.88 bits per heavy atom. The van der Waals surface area contributed by atoms with E-state index in [2.05, 4.69) is 31.0 Å². The van der Waals surface area contributed by atoms with Gasteiger partial charge in [-0.15, -0.1) is 0 Å². The Kier molecular flexibility index (Phi) is 3.91. The smallest absolute Gasteiger partial charge is 0.00914 e. The van der Waals surface area contributed by atoms with Crippen LogP contribution in [0.5, 0.6) is 0 Å². The Bertz CT molecular complexity index is 217. The fraction of sp³-hybridized carbons (Fsp3) is 1.00. The molecule has 1 atom stereocenters. The molecule has 0 radical (unpaired) electrons. The summed E-state index contributed by atoms with van der Waals surface area (Å²) in [5, 5.41) is 3.65. The Morgan fingerprint density at radius 1 is 1.25 bits per heavy atom. The highest BCUT2D eigenvalue weighted by Gasteiger charge is 2.46. The summed E-state index contributed by atoms with van der Waals surface area (Å²) < 4.78 is 0. The van der Waals surface area contributed by atoms with Gasteiger partial charge in [-0.3, -0.25) is 0 Å². The van der Waals surface area contributed by atoms with Gasteiger partial charge < -0.3 is 10.2 Å². The lowest BCUT2D eigenvalue weighted by Crippen LogP contribution is -2.43. The van der Waals surface area contributed by atoms with E-state index in [1.54, 1.807) is 0 Å². The van der Waals surface area contributed by atoms with Crippen LogP contribution >= 0.6 is 0 Å². The van der Waals surface area contributed by atoms with Gasteiger partial charge in [0.1, 0.15) is 0 Å². The quantitative estimate of drug-likeness (QED) is 0.772. The van der Waals surface area contributed by atoms with Crippen molar-refractivity contribution < 1.29 is 0 Å². The fourth-order valence-electron chi connectivity index (χ4n) is 2.87. The molecule has 2 fully saturated rings. The maximum atomic E-state index is 3.65. The summed E-state index contributed by atoms with van der Waals surface area (Å²) in [5.74, 6) is 0.979. The van der Waals surface area contributed by atoms with Gasteiger partial charge in [0.25, 0.3) is 0 Å². The van der Waals surface area contributed by atoms with Crippen LogP contribution in [0.2, 0.25) is 0 Å². The molecular weight excluding hydrogens is 196 g/mol. The predicted molar refractivity (Wildman–Crippen MR) is 69.6 cm³/mol. The van der Waals surface area contributed by atoms with Crippen molar-refractivity contribution in [1.82, 2.24) is 10.2 Å². The molecular formula is C14H28N2. The molecule has 0 aromatic carbocycles. The third-order valence-electron chi connectivity index (χ3n) is 4.47. The van der Waals surface area contributed by atoms with Crippen LogP contribution in [0.4, 0.5) is 0 Å². The molecule has 1 aliphatic heterocycles. The predicted octanol–water partition coefficient (Wildman–Crippen LogP) is 2.50. The van der Waals surface area contributed by atoms with Crippen molar-refractivity contribution in [3.05, 3.63) is 0 Å². The lowest BCUT2D eigenvalue weighted by Gasteiger charge is -2.32. The van der Waals surface area contributed by atoms with Crippen LogP contribution in [0.3, 0.4) is 0 Å². The number of hydrogen-bond donors (Lipinski definition) is 1. The summed E-state index contributed by atoms with van der Waals surface area (Å²) in [7, 11) is 0. The number of likely N-dealkylation sites (tertiary alicyclic amines) is 1. The van der Waals surface area contributed by atoms with E-state index < -0.39 is 0 Å². The third-order valence-corrected chi connectivity index (χ3v) is 4.47. The van der Waals surface area contributed by atoms with Crippen molar-refractivity contribution >= 4 is 0 Å². The molecule has 2 nitrogen and oxygen atoms in total. The molecule has 94 valence electrons. The van der Waals surface area contributed by atoms with E-state index in [9.17, 15) is 0 Å². The van der Waals surface area contributed by atoms with Gasteiger partial charge in [0.05, 0.1) is 0 Å². The zero-order valence-electron chi connectivity index (χ0n) is 11.3. The zero-order valence-corrected chi connectivity index (χ0v) is 11.3. The first-order valence-electron chi connectivity index (χ1n) is 7.07. The van der Waals surface area contributed by atoms with Crippen LogP contribution in [0.25, 0.3) is 0 Å². The van der Waals surface area contributed by atoms with Gasteiger partial charge in [0.2, 0.25) is 0 Å². The van der Waals surface area contributed by atoms with Gasteiger partial charge in [-0.2, -0.15) is 0 Å². The molecule has 0 spiro atoms. The Labute approximate surface area is 101 Å². The van der Waals surface area contributed by atoms with E-state index in [-0.39, 0.29) is 0 Å². The summed E-state index contributed by atoms with van der Waals surface area (Å²) in [6.07, 6.45) is 5.41. The Hall–Kier alpha value is -0.0800. The van der Waals surface area contributed by atoms with Gasteiger partial charge >= 0.3 is 0 Å². The van der Waals surface area contributed by atoms with Gasteiger partial charge in [-0.1, -0.05) is 20.8 Å². The van der Waals surface area contributed by atoms with Crippen LogP contribution in [0.15, 0.2) is 0 Å². The minimum absolute atomic E-state index is 0.650. The molecule has 2 aliphatic rings. The number of hydrogen-bond acceptors (Lipinski definition) is 2. The highest BCUT2D eigenvalue weighted by molar-refractivity contribution is 4.97. The maximum Gasteiger partial charge on any atom is 0.00914 e. The molecule has 1 unspecified atom stereocenters. The second kappa shape index (κ2) is 5.05. The molecule has 1 saturated carbocycles. The molecule has 1 aliphatic carbocycles. The van der Waals surface area contributed by atoms with Crippen LogP contribution in [0.1, 0.15) is 46.5 Å². The summed E-state index contributed by atoms with van der Waals surface area (Å²) >= 11 is 0. The molecule has 16 heavy (non-hydrogen) atoms. The first-order valence-corrected chi connectivity index (χ1v) is 7.07. The van der Waals surface area contributed by atoms with Gasteiger partial charge in [-0.25, -0.2) is 0 Å². The van der Waals surface area contributed by atoms with Gasteiger partial charge in [0.15, 0.2) is 0 Å². The minimum Gasteiger partial charge on any atom is -0.314 e. The molecule has 0 aromatic heterocycles. The Balaban J connectivity index is 1.62. The first kappa shape index (κ1) is 12.4. The van der Waals surface area contributed by atoms with Crippen molar-refractivity contribution in [2.24, 2.45) is 11.3 Å². The highest BCUT2D eigenvalue weighted by Crippen LogP contribution is 2.51. The second-order valence-electron chi connectivity index (χ2n) is 6.42. The fourth-order valence-corrected chi connectivity index (χ4v) is 2.87. The topological polar surface area (TPSA) is 15.3 Å². The highest BCUT2D eigenvalue weighted by atomic mass is 15.1. The molecule has 1 N–H and O–H groups in total. The van der Waals surface area contributed by atoms with E-state index in [1.807, 2.05) is 0 Å². The lowest BCUT2D eigenvalue weighted by molar-refractivity contribution is 0.185. The van der Waals surface area contributed by atoms with E-state index in [0.717, 1.165) is 12.0 Å². The van der Waals surface area contributed by atoms with Crippen LogP contribution in [-0.2, 0) is 0 Å². The number of nitrogens with zero attached hydrogens (tertiary/aromatic N) is 1. The summed E-state index contributed by atoms with van der Waals surface area (Å²) in [6, 6.07) is 0.795. The van der Waals surface area contributed by atoms with Crippen molar-refractivity contribution in [3.8, 4) is 0 Å². The zero-order chi connectivity index (χ0) is 11.6. The SMILES string of the molecule is CCCNC1CCN(CC2CC2(C)C)CC1. The van der Waals surface area contributed by atoms with Crippen LogP contribution in [0, 0.1) is 11.3 Å². The average Bonchev–Trinajstić information content (AvgIpc) is 2.85. The van der Waals surface area contributed by atoms with Gasteiger partial charge in [-0.05, 0) is 56.7 Å². The van der Waals surface area contributed by atoms with Crippen LogP contribution in [-0.4, -0.2) is 37.1 Å². The molecule has 1 saturated heterocycles. The van der Waals surface area contributed by atoms with Crippen molar-refractivity contribution in [2.75, 3.05) is 26.2 Å². The molecule has 2 heteroatoms. The normalized spacial score (nSPS) is 30.6. The van der Waals surface area contributed by atoms with E-state index in [1.165, 1.54) is 51.9 Å². The number of nitrogens with one attached hydrogen (secondary N) is 1. The number of piperidine rings is 1. The number of rotatable bonds is 5. The third kappa shape index (κ3) is 3.21. The maximum absolute atomic E-state index is 3.65. The summed E-state index contributed by atoms with van der Waals surface area (Å²) in [4.78, 5) is 2.68. The molecule has 1 heterocycles. The lowest BCUT2D eigenvalue weighted by atomic mass is 10.0. The molecule has 0 bridgehead atoms. The van der Waals surface area contributed by atoms with Gasteiger partial charge in [0, 0.05) is 12.6 Å². The standard InChI is InChI=1S/C14H28N2/c1-4-7-15-13-5-8-16(9-6-13)11-12-10-14(12,2)3/h12-13,15H,4-11H2,1-3H3. The average molecular weight is 224 g/mol. The Morgan fingerprint density at radius 3 is 2.38 bits per heavy atom. The second-order valence-corrected chi connectivity index (χ2v) is 6.42. The molecule has 0 amide bonds. The minimum atomic E-state index is 0.650. The van der Waals surface area contributed by atoms with Crippen molar-refractivity contribution in [1.29, 1.82) is 0 Å². The van der Waals surface area contributed by atoms with Crippen molar-refractivity contribution in [2.45, 2.75) is 52.5 Å². The largest absolute Gasteiger partial charge is 0.314 e. The van der Waals surface area contributed by atoms with E-state index in [0.29, 0.717) is 5.41 Å².